The van der Waals surface area contributed by atoms with Crippen LogP contribution < -0.4 is 14.8 Å². The smallest absolute Gasteiger partial charge is 0.338 e. The standard InChI is InChI=1S/C24H31NO5/c1-3-4-5-6-17-30-24(27)19-9-11-20(12-10-19)25-23(26)8-7-18-29-22-15-13-21(28-2)14-16-22/h9-16H,3-8,17-18H2,1-2H3,(H,25,26). The van der Waals surface area contributed by atoms with Crippen molar-refractivity contribution < 1.29 is 23.8 Å². The molecule has 2 aromatic carbocycles. The highest BCUT2D eigenvalue weighted by Gasteiger charge is 2.08. The summed E-state index contributed by atoms with van der Waals surface area (Å²) in [7, 11) is 1.61. The van der Waals surface area contributed by atoms with Gasteiger partial charge in [-0.25, -0.2) is 4.79 Å². The molecule has 0 aromatic heterocycles. The van der Waals surface area contributed by atoms with Gasteiger partial charge in [0.1, 0.15) is 11.5 Å². The number of carbonyl (C=O) groups excluding carboxylic acids is 2. The summed E-state index contributed by atoms with van der Waals surface area (Å²) in [5, 5.41) is 2.83. The molecule has 30 heavy (non-hydrogen) atoms. The molecule has 0 heterocycles. The van der Waals surface area contributed by atoms with E-state index in [2.05, 4.69) is 12.2 Å². The van der Waals surface area contributed by atoms with Gasteiger partial charge in [-0.15, -0.1) is 0 Å². The van der Waals surface area contributed by atoms with Crippen LogP contribution in [0.2, 0.25) is 0 Å². The molecule has 6 nitrogen and oxygen atoms in total. The van der Waals surface area contributed by atoms with Crippen molar-refractivity contribution in [2.45, 2.75) is 45.4 Å². The number of methoxy groups -OCH3 is 1. The van der Waals surface area contributed by atoms with E-state index in [4.69, 9.17) is 14.2 Å². The number of anilines is 1. The number of hydrogen-bond acceptors (Lipinski definition) is 5. The maximum Gasteiger partial charge on any atom is 0.338 e. The Morgan fingerprint density at radius 1 is 0.833 bits per heavy atom. The van der Waals surface area contributed by atoms with Crippen LogP contribution >= 0.6 is 0 Å². The lowest BCUT2D eigenvalue weighted by atomic mass is 10.2. The normalized spacial score (nSPS) is 10.3. The van der Waals surface area contributed by atoms with Crippen LogP contribution in [0.25, 0.3) is 0 Å². The predicted octanol–water partition coefficient (Wildman–Crippen LogP) is 5.23. The minimum absolute atomic E-state index is 0.0976. The summed E-state index contributed by atoms with van der Waals surface area (Å²) < 4.78 is 16.0. The number of ether oxygens (including phenoxy) is 3. The average molecular weight is 414 g/mol. The van der Waals surface area contributed by atoms with Gasteiger partial charge in [-0.05, 0) is 61.4 Å². The predicted molar refractivity (Wildman–Crippen MR) is 117 cm³/mol. The van der Waals surface area contributed by atoms with E-state index in [1.807, 2.05) is 24.3 Å². The molecule has 0 fully saturated rings. The van der Waals surface area contributed by atoms with Gasteiger partial charge in [0.05, 0.1) is 25.9 Å². The van der Waals surface area contributed by atoms with E-state index in [9.17, 15) is 9.59 Å². The number of amides is 1. The van der Waals surface area contributed by atoms with Crippen LogP contribution in [-0.2, 0) is 9.53 Å². The highest BCUT2D eigenvalue weighted by molar-refractivity contribution is 5.93. The molecular weight excluding hydrogens is 382 g/mol. The molecule has 162 valence electrons. The maximum absolute atomic E-state index is 12.1. The minimum atomic E-state index is -0.333. The fraction of sp³-hybridized carbons (Fsp3) is 0.417. The Bertz CT molecular complexity index is 771. The Morgan fingerprint density at radius 3 is 2.20 bits per heavy atom. The van der Waals surface area contributed by atoms with E-state index in [1.165, 1.54) is 0 Å². The fourth-order valence-electron chi connectivity index (χ4n) is 2.78. The summed E-state index contributed by atoms with van der Waals surface area (Å²) in [5.74, 6) is 1.08. The number of esters is 1. The molecule has 2 aromatic rings. The molecule has 0 saturated heterocycles. The number of hydrogen-bond donors (Lipinski definition) is 1. The second-order valence-corrected chi connectivity index (χ2v) is 6.95. The lowest BCUT2D eigenvalue weighted by molar-refractivity contribution is -0.116. The summed E-state index contributed by atoms with van der Waals surface area (Å²) in [4.78, 5) is 24.1. The Hall–Kier alpha value is -3.02. The van der Waals surface area contributed by atoms with Crippen molar-refractivity contribution in [3.8, 4) is 11.5 Å². The van der Waals surface area contributed by atoms with Gasteiger partial charge in [-0.1, -0.05) is 26.2 Å². The molecule has 6 heteroatoms. The Labute approximate surface area is 178 Å². The lowest BCUT2D eigenvalue weighted by Crippen LogP contribution is -2.13. The SMILES string of the molecule is CCCCCCOC(=O)c1ccc(NC(=O)CCCOc2ccc(OC)cc2)cc1. The molecule has 1 N–H and O–H groups in total. The molecule has 0 aliphatic carbocycles. The molecule has 0 radical (unpaired) electrons. The first-order valence-corrected chi connectivity index (χ1v) is 10.5. The summed E-state index contributed by atoms with van der Waals surface area (Å²) in [6.45, 7) is 3.03. The topological polar surface area (TPSA) is 73.9 Å². The second-order valence-electron chi connectivity index (χ2n) is 6.95. The van der Waals surface area contributed by atoms with Gasteiger partial charge >= 0.3 is 5.97 Å². The summed E-state index contributed by atoms with van der Waals surface area (Å²) >= 11 is 0. The van der Waals surface area contributed by atoms with Gasteiger partial charge in [0.25, 0.3) is 0 Å². The van der Waals surface area contributed by atoms with E-state index in [0.717, 1.165) is 37.2 Å². The van der Waals surface area contributed by atoms with Crippen molar-refractivity contribution in [2.24, 2.45) is 0 Å². The molecule has 0 spiro atoms. The zero-order valence-electron chi connectivity index (χ0n) is 17.8. The summed E-state index contributed by atoms with van der Waals surface area (Å²) in [6.07, 6.45) is 5.20. The van der Waals surface area contributed by atoms with Crippen LogP contribution in [0, 0.1) is 0 Å². The van der Waals surface area contributed by atoms with E-state index in [1.54, 1.807) is 31.4 Å². The van der Waals surface area contributed by atoms with Crippen molar-refractivity contribution in [3.05, 3.63) is 54.1 Å². The van der Waals surface area contributed by atoms with Crippen molar-refractivity contribution in [1.29, 1.82) is 0 Å². The van der Waals surface area contributed by atoms with Crippen molar-refractivity contribution in [1.82, 2.24) is 0 Å². The first kappa shape index (κ1) is 23.3. The molecule has 0 aliphatic heterocycles. The lowest BCUT2D eigenvalue weighted by Gasteiger charge is -2.08. The number of unbranched alkanes of at least 4 members (excludes halogenated alkanes) is 3. The van der Waals surface area contributed by atoms with E-state index < -0.39 is 0 Å². The van der Waals surface area contributed by atoms with E-state index in [-0.39, 0.29) is 11.9 Å². The van der Waals surface area contributed by atoms with Gasteiger partial charge in [-0.3, -0.25) is 4.79 Å². The molecule has 1 amide bonds. The van der Waals surface area contributed by atoms with Crippen LogP contribution in [0.3, 0.4) is 0 Å². The number of rotatable bonds is 13. The highest BCUT2D eigenvalue weighted by Crippen LogP contribution is 2.17. The molecule has 0 bridgehead atoms. The van der Waals surface area contributed by atoms with Crippen molar-refractivity contribution >= 4 is 17.6 Å². The summed E-state index contributed by atoms with van der Waals surface area (Å²) in [5.41, 5.74) is 1.13. The third kappa shape index (κ3) is 8.55. The van der Waals surface area contributed by atoms with Gasteiger partial charge in [0.2, 0.25) is 5.91 Å². The number of nitrogens with one attached hydrogen (secondary N) is 1. The second kappa shape index (κ2) is 13.2. The number of carbonyl (C=O) groups is 2. The molecule has 2 rings (SSSR count). The van der Waals surface area contributed by atoms with Crippen LogP contribution in [0.1, 0.15) is 55.8 Å². The largest absolute Gasteiger partial charge is 0.497 e. The quantitative estimate of drug-likeness (QED) is 0.359. The van der Waals surface area contributed by atoms with Crippen LogP contribution in [0.5, 0.6) is 11.5 Å². The van der Waals surface area contributed by atoms with Crippen LogP contribution in [0.15, 0.2) is 48.5 Å². The Balaban J connectivity index is 1.65. The Morgan fingerprint density at radius 2 is 1.53 bits per heavy atom. The first-order chi connectivity index (χ1) is 14.6. The zero-order chi connectivity index (χ0) is 21.6. The zero-order valence-corrected chi connectivity index (χ0v) is 17.8. The van der Waals surface area contributed by atoms with E-state index in [0.29, 0.717) is 37.3 Å². The maximum atomic E-state index is 12.1. The van der Waals surface area contributed by atoms with Crippen LogP contribution in [-0.4, -0.2) is 32.2 Å². The summed E-state index contributed by atoms with van der Waals surface area (Å²) in [6, 6.07) is 14.1. The van der Waals surface area contributed by atoms with Gasteiger partial charge in [0.15, 0.2) is 0 Å². The number of benzene rings is 2. The third-order valence-corrected chi connectivity index (χ3v) is 4.51. The molecular formula is C24H31NO5. The molecule has 0 atom stereocenters. The average Bonchev–Trinajstić information content (AvgIpc) is 2.77. The minimum Gasteiger partial charge on any atom is -0.497 e. The van der Waals surface area contributed by atoms with Gasteiger partial charge in [0, 0.05) is 12.1 Å². The van der Waals surface area contributed by atoms with Crippen molar-refractivity contribution in [2.75, 3.05) is 25.6 Å². The Kier molecular flexibility index (Phi) is 10.3. The molecule has 0 saturated carbocycles. The first-order valence-electron chi connectivity index (χ1n) is 10.5. The van der Waals surface area contributed by atoms with Gasteiger partial charge < -0.3 is 19.5 Å². The highest BCUT2D eigenvalue weighted by atomic mass is 16.5. The monoisotopic (exact) mass is 413 g/mol. The van der Waals surface area contributed by atoms with E-state index >= 15 is 0 Å². The van der Waals surface area contributed by atoms with Crippen molar-refractivity contribution in [3.63, 3.8) is 0 Å². The fourth-order valence-corrected chi connectivity index (χ4v) is 2.78. The van der Waals surface area contributed by atoms with Gasteiger partial charge in [-0.2, -0.15) is 0 Å². The third-order valence-electron chi connectivity index (χ3n) is 4.51. The molecule has 0 unspecified atom stereocenters. The molecule has 0 aliphatic rings. The van der Waals surface area contributed by atoms with Crippen LogP contribution in [0.4, 0.5) is 5.69 Å².